The van der Waals surface area contributed by atoms with Gasteiger partial charge >= 0.3 is 0 Å². The lowest BCUT2D eigenvalue weighted by Gasteiger charge is -2.52. The van der Waals surface area contributed by atoms with Crippen LogP contribution < -0.4 is 0 Å². The molecular formula is C22H27N3. The van der Waals surface area contributed by atoms with Crippen molar-refractivity contribution in [2.24, 2.45) is 0 Å². The Kier molecular flexibility index (Phi) is 4.14. The zero-order chi connectivity index (χ0) is 17.4. The van der Waals surface area contributed by atoms with Crippen molar-refractivity contribution in [2.45, 2.75) is 5.41 Å². The highest BCUT2D eigenvalue weighted by Crippen LogP contribution is 2.45. The number of likely N-dealkylation sites (N-methyl/N-ethyl adjacent to an activating group) is 3. The molecule has 0 aromatic heterocycles. The van der Waals surface area contributed by atoms with Crippen LogP contribution in [0.5, 0.6) is 0 Å². The van der Waals surface area contributed by atoms with E-state index in [0.717, 1.165) is 26.3 Å². The van der Waals surface area contributed by atoms with Crippen molar-refractivity contribution in [3.63, 3.8) is 0 Å². The smallest absolute Gasteiger partial charge is 0.0728 e. The van der Waals surface area contributed by atoms with Crippen LogP contribution in [0.3, 0.4) is 0 Å². The first kappa shape index (κ1) is 16.4. The summed E-state index contributed by atoms with van der Waals surface area (Å²) in [5.74, 6) is 0. The maximum atomic E-state index is 2.48. The molecule has 0 saturated carbocycles. The molecule has 2 aliphatic rings. The maximum absolute atomic E-state index is 2.48. The molecule has 0 bridgehead atoms. The number of hydrogen-bond acceptors (Lipinski definition) is 3. The first-order valence-corrected chi connectivity index (χ1v) is 9.03. The van der Waals surface area contributed by atoms with Crippen LogP contribution in [-0.2, 0) is 5.41 Å². The lowest BCUT2D eigenvalue weighted by atomic mass is 9.67. The van der Waals surface area contributed by atoms with E-state index in [-0.39, 0.29) is 5.41 Å². The van der Waals surface area contributed by atoms with Gasteiger partial charge in [-0.1, -0.05) is 60.7 Å². The average molecular weight is 333 g/mol. The molecule has 3 heteroatoms. The Balaban J connectivity index is 2.01. The fourth-order valence-electron chi connectivity index (χ4n) is 4.84. The van der Waals surface area contributed by atoms with Crippen LogP contribution in [0.2, 0.25) is 0 Å². The van der Waals surface area contributed by atoms with Crippen LogP contribution in [0, 0.1) is 0 Å². The highest BCUT2D eigenvalue weighted by Gasteiger charge is 2.46. The van der Waals surface area contributed by atoms with E-state index < -0.39 is 0 Å². The molecule has 3 nitrogen and oxygen atoms in total. The molecule has 2 aromatic rings. The number of rotatable bonds is 2. The quantitative estimate of drug-likeness (QED) is 0.836. The Morgan fingerprint density at radius 1 is 0.720 bits per heavy atom. The van der Waals surface area contributed by atoms with E-state index >= 15 is 0 Å². The van der Waals surface area contributed by atoms with Crippen molar-refractivity contribution in [1.29, 1.82) is 0 Å². The van der Waals surface area contributed by atoms with Crippen LogP contribution in [0.15, 0.2) is 71.9 Å². The van der Waals surface area contributed by atoms with Crippen molar-refractivity contribution >= 4 is 0 Å². The van der Waals surface area contributed by atoms with E-state index in [1.165, 1.54) is 22.4 Å². The highest BCUT2D eigenvalue weighted by molar-refractivity contribution is 5.52. The van der Waals surface area contributed by atoms with Gasteiger partial charge in [-0.25, -0.2) is 0 Å². The molecule has 2 heterocycles. The zero-order valence-corrected chi connectivity index (χ0v) is 15.4. The predicted octanol–water partition coefficient (Wildman–Crippen LogP) is 3.01. The molecular weight excluding hydrogens is 306 g/mol. The van der Waals surface area contributed by atoms with Crippen molar-refractivity contribution in [3.05, 3.63) is 83.1 Å². The standard InChI is InChI=1S/C22H27N3/c1-23-14-18-15-24(2)17-25(3)21(18)22(16-23,19-10-6-4-7-11-19)20-12-8-5-9-13-20/h4-13H,14-17H2,1-3H3. The van der Waals surface area contributed by atoms with Crippen LogP contribution in [0.1, 0.15) is 11.1 Å². The van der Waals surface area contributed by atoms with Gasteiger partial charge in [-0.3, -0.25) is 4.90 Å². The predicted molar refractivity (Wildman–Crippen MR) is 103 cm³/mol. The van der Waals surface area contributed by atoms with Crippen LogP contribution in [-0.4, -0.2) is 62.1 Å². The summed E-state index contributed by atoms with van der Waals surface area (Å²) < 4.78 is 0. The van der Waals surface area contributed by atoms with E-state index in [4.69, 9.17) is 0 Å². The molecule has 0 saturated heterocycles. The second-order valence-electron chi connectivity index (χ2n) is 7.62. The lowest BCUT2D eigenvalue weighted by molar-refractivity contribution is 0.142. The monoisotopic (exact) mass is 333 g/mol. The van der Waals surface area contributed by atoms with E-state index in [1.807, 2.05) is 0 Å². The van der Waals surface area contributed by atoms with Gasteiger partial charge in [0.1, 0.15) is 0 Å². The van der Waals surface area contributed by atoms with Crippen molar-refractivity contribution in [1.82, 2.24) is 14.7 Å². The van der Waals surface area contributed by atoms with Gasteiger partial charge in [0.2, 0.25) is 0 Å². The largest absolute Gasteiger partial charge is 0.364 e. The Morgan fingerprint density at radius 2 is 1.24 bits per heavy atom. The number of benzene rings is 2. The molecule has 0 radical (unpaired) electrons. The third-order valence-corrected chi connectivity index (χ3v) is 5.54. The first-order valence-electron chi connectivity index (χ1n) is 9.03. The SMILES string of the molecule is CN1CC2=C(N(C)C1)C(c1ccccc1)(c1ccccc1)CN(C)C2. The first-order chi connectivity index (χ1) is 12.1. The third kappa shape index (κ3) is 2.68. The average Bonchev–Trinajstić information content (AvgIpc) is 2.61. The minimum absolute atomic E-state index is 0.110. The summed E-state index contributed by atoms with van der Waals surface area (Å²) in [6.07, 6.45) is 0. The summed E-state index contributed by atoms with van der Waals surface area (Å²) >= 11 is 0. The van der Waals surface area contributed by atoms with Gasteiger partial charge in [0, 0.05) is 32.4 Å². The van der Waals surface area contributed by atoms with Gasteiger partial charge in [-0.15, -0.1) is 0 Å². The van der Waals surface area contributed by atoms with E-state index in [9.17, 15) is 0 Å². The van der Waals surface area contributed by atoms with Gasteiger partial charge in [-0.2, -0.15) is 0 Å². The molecule has 2 aliphatic heterocycles. The maximum Gasteiger partial charge on any atom is 0.0728 e. The van der Waals surface area contributed by atoms with Crippen molar-refractivity contribution in [3.8, 4) is 0 Å². The van der Waals surface area contributed by atoms with Gasteiger partial charge in [0.05, 0.1) is 12.1 Å². The van der Waals surface area contributed by atoms with Gasteiger partial charge in [-0.05, 0) is 30.8 Å². The van der Waals surface area contributed by atoms with Crippen LogP contribution in [0.4, 0.5) is 0 Å². The molecule has 130 valence electrons. The Bertz CT molecular complexity index is 723. The molecule has 0 fully saturated rings. The second kappa shape index (κ2) is 6.32. The van der Waals surface area contributed by atoms with Crippen molar-refractivity contribution in [2.75, 3.05) is 47.4 Å². The molecule has 2 aromatic carbocycles. The molecule has 0 unspecified atom stereocenters. The van der Waals surface area contributed by atoms with Crippen LogP contribution in [0.25, 0.3) is 0 Å². The van der Waals surface area contributed by atoms with Gasteiger partial charge in [0.15, 0.2) is 0 Å². The minimum Gasteiger partial charge on any atom is -0.364 e. The Morgan fingerprint density at radius 3 is 1.80 bits per heavy atom. The van der Waals surface area contributed by atoms with Gasteiger partial charge in [0.25, 0.3) is 0 Å². The summed E-state index contributed by atoms with van der Waals surface area (Å²) in [7, 11) is 6.71. The van der Waals surface area contributed by atoms with Crippen molar-refractivity contribution < 1.29 is 0 Å². The lowest BCUT2D eigenvalue weighted by Crippen LogP contribution is -2.56. The fourth-order valence-corrected chi connectivity index (χ4v) is 4.84. The summed E-state index contributed by atoms with van der Waals surface area (Å²) in [5, 5.41) is 0. The topological polar surface area (TPSA) is 9.72 Å². The molecule has 0 N–H and O–H groups in total. The van der Waals surface area contributed by atoms with E-state index in [2.05, 4.69) is 96.5 Å². The number of hydrogen-bond donors (Lipinski definition) is 0. The summed E-state index contributed by atoms with van der Waals surface area (Å²) in [4.78, 5) is 7.34. The van der Waals surface area contributed by atoms with Gasteiger partial charge < -0.3 is 9.80 Å². The molecule has 4 rings (SSSR count). The number of nitrogens with zero attached hydrogens (tertiary/aromatic N) is 3. The summed E-state index contributed by atoms with van der Waals surface area (Å²) in [5.41, 5.74) is 5.70. The Hall–Kier alpha value is -2.10. The normalized spacial score (nSPS) is 21.3. The van der Waals surface area contributed by atoms with E-state index in [0.29, 0.717) is 0 Å². The van der Waals surface area contributed by atoms with Crippen LogP contribution >= 0.6 is 0 Å². The molecule has 0 amide bonds. The summed E-state index contributed by atoms with van der Waals surface area (Å²) in [6, 6.07) is 22.1. The molecule has 0 aliphatic carbocycles. The molecule has 0 spiro atoms. The zero-order valence-electron chi connectivity index (χ0n) is 15.4. The summed E-state index contributed by atoms with van der Waals surface area (Å²) in [6.45, 7) is 4.08. The second-order valence-corrected chi connectivity index (χ2v) is 7.62. The van der Waals surface area contributed by atoms with E-state index in [1.54, 1.807) is 0 Å². The minimum atomic E-state index is -0.110. The fraction of sp³-hybridized carbons (Fsp3) is 0.364. The molecule has 25 heavy (non-hydrogen) atoms. The third-order valence-electron chi connectivity index (χ3n) is 5.54. The highest BCUT2D eigenvalue weighted by atomic mass is 15.3. The Labute approximate surface area is 151 Å². The molecule has 0 atom stereocenters.